The Bertz CT molecular complexity index is 750. The number of amides is 1. The molecule has 2 aromatic rings. The summed E-state index contributed by atoms with van der Waals surface area (Å²) in [5.41, 5.74) is 1.40. The van der Waals surface area contributed by atoms with Crippen molar-refractivity contribution >= 4 is 34.4 Å². The number of anilines is 1. The molecule has 0 bridgehead atoms. The van der Waals surface area contributed by atoms with Gasteiger partial charge in [-0.15, -0.1) is 0 Å². The Morgan fingerprint density at radius 3 is 2.62 bits per heavy atom. The van der Waals surface area contributed by atoms with Crippen molar-refractivity contribution in [2.24, 2.45) is 0 Å². The largest absolute Gasteiger partial charge is 0.497 e. The third-order valence-corrected chi connectivity index (χ3v) is 4.08. The van der Waals surface area contributed by atoms with Crippen molar-refractivity contribution in [3.63, 3.8) is 0 Å². The van der Waals surface area contributed by atoms with Crippen molar-refractivity contribution in [2.75, 3.05) is 19.0 Å². The molecule has 0 spiro atoms. The number of ether oxygens (including phenoxy) is 2. The molecular formula is C17H18N2O4S. The highest BCUT2D eigenvalue weighted by Crippen LogP contribution is 2.23. The third kappa shape index (κ3) is 4.66. The van der Waals surface area contributed by atoms with Gasteiger partial charge in [0.25, 0.3) is 0 Å². The fourth-order valence-electron chi connectivity index (χ4n) is 1.87. The highest BCUT2D eigenvalue weighted by molar-refractivity contribution is 7.17. The van der Waals surface area contributed by atoms with Crippen LogP contribution in [0.1, 0.15) is 27.9 Å². The van der Waals surface area contributed by atoms with Crippen LogP contribution >= 0.6 is 11.3 Å². The van der Waals surface area contributed by atoms with Gasteiger partial charge in [0.2, 0.25) is 5.91 Å². The second-order valence-electron chi connectivity index (χ2n) is 4.75. The summed E-state index contributed by atoms with van der Waals surface area (Å²) in [4.78, 5) is 28.3. The first-order chi connectivity index (χ1) is 11.5. The van der Waals surface area contributed by atoms with Gasteiger partial charge < -0.3 is 9.47 Å². The number of thiazole rings is 1. The van der Waals surface area contributed by atoms with Gasteiger partial charge in [-0.2, -0.15) is 0 Å². The second kappa shape index (κ2) is 8.26. The fourth-order valence-corrected chi connectivity index (χ4v) is 2.73. The molecule has 0 saturated carbocycles. The van der Waals surface area contributed by atoms with Gasteiger partial charge in [0.15, 0.2) is 5.13 Å². The van der Waals surface area contributed by atoms with Crippen molar-refractivity contribution in [1.29, 1.82) is 0 Å². The number of rotatable bonds is 6. The fraction of sp³-hybridized carbons (Fsp3) is 0.235. The first-order valence-electron chi connectivity index (χ1n) is 7.31. The Morgan fingerprint density at radius 1 is 1.29 bits per heavy atom. The number of hydrogen-bond acceptors (Lipinski definition) is 6. The number of esters is 1. The van der Waals surface area contributed by atoms with Crippen LogP contribution in [0.3, 0.4) is 0 Å². The van der Waals surface area contributed by atoms with E-state index in [1.807, 2.05) is 24.3 Å². The Balaban J connectivity index is 2.00. The summed E-state index contributed by atoms with van der Waals surface area (Å²) in [7, 11) is 1.60. The molecule has 0 saturated heterocycles. The number of hydrogen-bond donors (Lipinski definition) is 1. The highest BCUT2D eigenvalue weighted by Gasteiger charge is 2.16. The lowest BCUT2D eigenvalue weighted by molar-refractivity contribution is -0.111. The molecule has 0 radical (unpaired) electrons. The van der Waals surface area contributed by atoms with Gasteiger partial charge in [0.05, 0.1) is 19.4 Å². The summed E-state index contributed by atoms with van der Waals surface area (Å²) in [6.45, 7) is 3.73. The van der Waals surface area contributed by atoms with E-state index < -0.39 is 5.97 Å². The zero-order valence-corrected chi connectivity index (χ0v) is 14.5. The average molecular weight is 346 g/mol. The molecule has 7 heteroatoms. The van der Waals surface area contributed by atoms with Crippen LogP contribution in [0.4, 0.5) is 5.13 Å². The maximum atomic E-state index is 12.0. The van der Waals surface area contributed by atoms with Crippen molar-refractivity contribution in [3.05, 3.63) is 46.5 Å². The van der Waals surface area contributed by atoms with Crippen LogP contribution in [0.2, 0.25) is 0 Å². The molecule has 1 N–H and O–H groups in total. The Morgan fingerprint density at radius 2 is 2.00 bits per heavy atom. The van der Waals surface area contributed by atoms with Crippen molar-refractivity contribution in [2.45, 2.75) is 13.8 Å². The maximum absolute atomic E-state index is 12.0. The number of carbonyl (C=O) groups excluding carboxylic acids is 2. The zero-order chi connectivity index (χ0) is 17.5. The molecule has 0 aliphatic rings. The van der Waals surface area contributed by atoms with Gasteiger partial charge in [-0.3, -0.25) is 10.1 Å². The SMILES string of the molecule is CCOC(=O)c1sc(NC(=O)/C=C/c2ccc(OC)cc2)nc1C. The topological polar surface area (TPSA) is 77.5 Å². The molecule has 0 atom stereocenters. The third-order valence-electron chi connectivity index (χ3n) is 3.03. The molecular weight excluding hydrogens is 328 g/mol. The summed E-state index contributed by atoms with van der Waals surface area (Å²) in [6.07, 6.45) is 3.09. The molecule has 0 aliphatic heterocycles. The molecule has 6 nitrogen and oxygen atoms in total. The van der Waals surface area contributed by atoms with Crippen LogP contribution in [-0.4, -0.2) is 30.6 Å². The van der Waals surface area contributed by atoms with E-state index in [1.165, 1.54) is 6.08 Å². The van der Waals surface area contributed by atoms with Crippen LogP contribution in [0.5, 0.6) is 5.75 Å². The normalized spacial score (nSPS) is 10.6. The molecule has 1 aromatic carbocycles. The van der Waals surface area contributed by atoms with Crippen LogP contribution in [0, 0.1) is 6.92 Å². The van der Waals surface area contributed by atoms with Crippen LogP contribution < -0.4 is 10.1 Å². The van der Waals surface area contributed by atoms with Crippen molar-refractivity contribution < 1.29 is 19.1 Å². The van der Waals surface area contributed by atoms with Crippen LogP contribution in [0.25, 0.3) is 6.08 Å². The van der Waals surface area contributed by atoms with Gasteiger partial charge in [0, 0.05) is 6.08 Å². The number of aromatic nitrogens is 1. The number of nitrogens with one attached hydrogen (secondary N) is 1. The second-order valence-corrected chi connectivity index (χ2v) is 5.75. The average Bonchev–Trinajstić information content (AvgIpc) is 2.94. The number of carbonyl (C=O) groups is 2. The van der Waals surface area contributed by atoms with E-state index in [2.05, 4.69) is 10.3 Å². The van der Waals surface area contributed by atoms with Crippen LogP contribution in [-0.2, 0) is 9.53 Å². The quantitative estimate of drug-likeness (QED) is 0.641. The Labute approximate surface area is 144 Å². The zero-order valence-electron chi connectivity index (χ0n) is 13.7. The maximum Gasteiger partial charge on any atom is 0.350 e. The lowest BCUT2D eigenvalue weighted by atomic mass is 10.2. The summed E-state index contributed by atoms with van der Waals surface area (Å²) >= 11 is 1.09. The van der Waals surface area contributed by atoms with E-state index in [4.69, 9.17) is 9.47 Å². The predicted molar refractivity (Wildman–Crippen MR) is 93.5 cm³/mol. The molecule has 0 unspecified atom stereocenters. The van der Waals surface area contributed by atoms with Gasteiger partial charge in [-0.25, -0.2) is 9.78 Å². The lowest BCUT2D eigenvalue weighted by Crippen LogP contribution is -2.07. The standard InChI is InChI=1S/C17H18N2O4S/c1-4-23-16(21)15-11(2)18-17(24-15)19-14(20)10-7-12-5-8-13(22-3)9-6-12/h5-10H,4H2,1-3H3,(H,18,19,20)/b10-7+. The molecule has 1 aromatic heterocycles. The van der Waals surface area contributed by atoms with Crippen molar-refractivity contribution in [3.8, 4) is 5.75 Å². The molecule has 1 amide bonds. The first-order valence-corrected chi connectivity index (χ1v) is 8.12. The molecule has 0 fully saturated rings. The van der Waals surface area contributed by atoms with Gasteiger partial charge in [-0.05, 0) is 37.6 Å². The van der Waals surface area contributed by atoms with E-state index in [0.717, 1.165) is 22.6 Å². The summed E-state index contributed by atoms with van der Waals surface area (Å²) in [6, 6.07) is 7.31. The van der Waals surface area contributed by atoms with E-state index in [-0.39, 0.29) is 5.91 Å². The summed E-state index contributed by atoms with van der Waals surface area (Å²) in [5, 5.41) is 3.00. The molecule has 24 heavy (non-hydrogen) atoms. The number of methoxy groups -OCH3 is 1. The number of nitrogens with zero attached hydrogens (tertiary/aromatic N) is 1. The molecule has 126 valence electrons. The van der Waals surface area contributed by atoms with Gasteiger partial charge in [-0.1, -0.05) is 23.5 Å². The van der Waals surface area contributed by atoms with E-state index in [9.17, 15) is 9.59 Å². The Kier molecular flexibility index (Phi) is 6.08. The smallest absolute Gasteiger partial charge is 0.350 e. The minimum Gasteiger partial charge on any atom is -0.497 e. The van der Waals surface area contributed by atoms with E-state index in [1.54, 1.807) is 27.0 Å². The first kappa shape index (κ1) is 17.7. The highest BCUT2D eigenvalue weighted by atomic mass is 32.1. The van der Waals surface area contributed by atoms with E-state index in [0.29, 0.717) is 22.3 Å². The van der Waals surface area contributed by atoms with Gasteiger partial charge in [0.1, 0.15) is 10.6 Å². The van der Waals surface area contributed by atoms with Gasteiger partial charge >= 0.3 is 5.97 Å². The minimum atomic E-state index is -0.429. The number of aryl methyl sites for hydroxylation is 1. The summed E-state index contributed by atoms with van der Waals surface area (Å²) in [5.74, 6) is -0.00175. The monoisotopic (exact) mass is 346 g/mol. The summed E-state index contributed by atoms with van der Waals surface area (Å²) < 4.78 is 10.0. The van der Waals surface area contributed by atoms with Crippen molar-refractivity contribution in [1.82, 2.24) is 4.98 Å². The molecule has 2 rings (SSSR count). The number of benzene rings is 1. The lowest BCUT2D eigenvalue weighted by Gasteiger charge is -1.99. The minimum absolute atomic E-state index is 0.294. The predicted octanol–water partition coefficient (Wildman–Crippen LogP) is 3.29. The molecule has 0 aliphatic carbocycles. The van der Waals surface area contributed by atoms with E-state index >= 15 is 0 Å². The van der Waals surface area contributed by atoms with Crippen LogP contribution in [0.15, 0.2) is 30.3 Å². The Hall–Kier alpha value is -2.67. The molecule has 1 heterocycles.